The maximum absolute atomic E-state index is 9.22. The molecule has 0 rings (SSSR count). The van der Waals surface area contributed by atoms with E-state index < -0.39 is 0 Å². The first-order chi connectivity index (χ1) is 5.15. The van der Waals surface area contributed by atoms with Crippen LogP contribution in [0.2, 0.25) is 0 Å². The van der Waals surface area contributed by atoms with E-state index in [0.717, 1.165) is 6.42 Å². The van der Waals surface area contributed by atoms with Crippen molar-refractivity contribution in [3.8, 4) is 0 Å². The van der Waals surface area contributed by atoms with Crippen LogP contribution in [0.5, 0.6) is 0 Å². The van der Waals surface area contributed by atoms with Gasteiger partial charge in [0.05, 0.1) is 0 Å². The van der Waals surface area contributed by atoms with Crippen molar-refractivity contribution in [2.24, 2.45) is 5.73 Å². The SMILES string of the molecule is C/C=C\CC.C=O.CC(N)=O. The van der Waals surface area contributed by atoms with Gasteiger partial charge in [-0.05, 0) is 13.3 Å². The summed E-state index contributed by atoms with van der Waals surface area (Å²) in [6.07, 6.45) is 5.34. The van der Waals surface area contributed by atoms with Crippen LogP contribution in [0, 0.1) is 0 Å². The van der Waals surface area contributed by atoms with Gasteiger partial charge in [0.1, 0.15) is 6.79 Å². The highest BCUT2D eigenvalue weighted by molar-refractivity contribution is 5.70. The molecule has 0 bridgehead atoms. The molecular weight excluding hydrogens is 142 g/mol. The molecule has 0 saturated heterocycles. The minimum Gasteiger partial charge on any atom is -0.370 e. The molecule has 3 heteroatoms. The summed E-state index contributed by atoms with van der Waals surface area (Å²) in [5.41, 5.74) is 4.47. The van der Waals surface area contributed by atoms with E-state index in [4.69, 9.17) is 4.79 Å². The molecular formula is C8H17NO2. The first-order valence-electron chi connectivity index (χ1n) is 3.31. The molecule has 0 atom stereocenters. The lowest BCUT2D eigenvalue weighted by molar-refractivity contribution is -0.116. The predicted octanol–water partition coefficient (Wildman–Crippen LogP) is 1.28. The Bertz CT molecular complexity index is 96.3. The molecule has 0 aromatic heterocycles. The summed E-state index contributed by atoms with van der Waals surface area (Å²) < 4.78 is 0. The number of nitrogens with two attached hydrogens (primary N) is 1. The fourth-order valence-electron chi connectivity index (χ4n) is 0.236. The molecule has 0 spiro atoms. The number of rotatable bonds is 1. The highest BCUT2D eigenvalue weighted by Crippen LogP contribution is 1.73. The van der Waals surface area contributed by atoms with E-state index in [-0.39, 0.29) is 5.91 Å². The Morgan fingerprint density at radius 3 is 1.82 bits per heavy atom. The van der Waals surface area contributed by atoms with Crippen molar-refractivity contribution in [2.75, 3.05) is 0 Å². The van der Waals surface area contributed by atoms with Gasteiger partial charge in [-0.3, -0.25) is 4.79 Å². The van der Waals surface area contributed by atoms with Crippen LogP contribution in [0.25, 0.3) is 0 Å². The van der Waals surface area contributed by atoms with Crippen molar-refractivity contribution in [1.82, 2.24) is 0 Å². The lowest BCUT2D eigenvalue weighted by Crippen LogP contribution is -2.01. The van der Waals surface area contributed by atoms with Crippen molar-refractivity contribution in [1.29, 1.82) is 0 Å². The second-order valence-electron chi connectivity index (χ2n) is 1.59. The third-order valence-electron chi connectivity index (χ3n) is 0.471. The van der Waals surface area contributed by atoms with Gasteiger partial charge in [-0.2, -0.15) is 0 Å². The molecule has 0 saturated carbocycles. The Morgan fingerprint density at radius 1 is 1.55 bits per heavy atom. The van der Waals surface area contributed by atoms with Crippen LogP contribution in [0.1, 0.15) is 27.2 Å². The quantitative estimate of drug-likeness (QED) is 0.586. The fourth-order valence-corrected chi connectivity index (χ4v) is 0.236. The molecule has 0 aromatic rings. The zero-order chi connectivity index (χ0) is 9.70. The van der Waals surface area contributed by atoms with Gasteiger partial charge < -0.3 is 10.5 Å². The van der Waals surface area contributed by atoms with Crippen molar-refractivity contribution < 1.29 is 9.59 Å². The molecule has 66 valence electrons. The third-order valence-corrected chi connectivity index (χ3v) is 0.471. The molecule has 0 unspecified atom stereocenters. The summed E-state index contributed by atoms with van der Waals surface area (Å²) in [6, 6.07) is 0. The van der Waals surface area contributed by atoms with Gasteiger partial charge in [-0.1, -0.05) is 19.1 Å². The van der Waals surface area contributed by atoms with Gasteiger partial charge in [0.2, 0.25) is 5.91 Å². The van der Waals surface area contributed by atoms with E-state index in [0.29, 0.717) is 0 Å². The summed E-state index contributed by atoms with van der Waals surface area (Å²) in [5, 5.41) is 0. The van der Waals surface area contributed by atoms with Crippen LogP contribution >= 0.6 is 0 Å². The molecule has 0 aliphatic carbocycles. The Morgan fingerprint density at radius 2 is 1.82 bits per heavy atom. The van der Waals surface area contributed by atoms with Crippen LogP contribution in [0.15, 0.2) is 12.2 Å². The molecule has 0 aliphatic rings. The van der Waals surface area contributed by atoms with Crippen LogP contribution < -0.4 is 5.73 Å². The summed E-state index contributed by atoms with van der Waals surface area (Å²) >= 11 is 0. The maximum atomic E-state index is 9.22. The highest BCUT2D eigenvalue weighted by Gasteiger charge is 1.61. The van der Waals surface area contributed by atoms with Gasteiger partial charge in [0, 0.05) is 6.92 Å². The molecule has 3 nitrogen and oxygen atoms in total. The Balaban J connectivity index is -0.0000000965. The standard InChI is InChI=1S/C5H10.C2H5NO.CH2O/c1-3-5-4-2;1-2(3)4;1-2/h3,5H,4H2,1-2H3;1H3,(H2,3,4);1H2/b5-3-;;. The summed E-state index contributed by atoms with van der Waals surface area (Å²) in [5.74, 6) is -0.333. The minimum absolute atomic E-state index is 0.333. The monoisotopic (exact) mass is 159 g/mol. The number of hydrogen-bond acceptors (Lipinski definition) is 2. The Hall–Kier alpha value is -1.12. The van der Waals surface area contributed by atoms with Crippen LogP contribution in [0.3, 0.4) is 0 Å². The van der Waals surface area contributed by atoms with Crippen LogP contribution in [0.4, 0.5) is 0 Å². The molecule has 1 amide bonds. The van der Waals surface area contributed by atoms with E-state index in [1.807, 2.05) is 13.7 Å². The maximum Gasteiger partial charge on any atom is 0.214 e. The molecule has 11 heavy (non-hydrogen) atoms. The van der Waals surface area contributed by atoms with Gasteiger partial charge in [0.25, 0.3) is 0 Å². The van der Waals surface area contributed by atoms with Gasteiger partial charge >= 0.3 is 0 Å². The molecule has 2 N–H and O–H groups in total. The van der Waals surface area contributed by atoms with E-state index in [1.165, 1.54) is 6.92 Å². The molecule has 0 radical (unpaired) electrons. The molecule has 0 heterocycles. The Kier molecular flexibility index (Phi) is 34.6. The second-order valence-corrected chi connectivity index (χ2v) is 1.59. The highest BCUT2D eigenvalue weighted by atomic mass is 16.1. The normalized spacial score (nSPS) is 7.18. The van der Waals surface area contributed by atoms with Crippen molar-refractivity contribution in [3.05, 3.63) is 12.2 Å². The zero-order valence-corrected chi connectivity index (χ0v) is 7.46. The second kappa shape index (κ2) is 23.2. The number of amides is 1. The molecule has 0 fully saturated rings. The number of allylic oxidation sites excluding steroid dienone is 2. The van der Waals surface area contributed by atoms with Gasteiger partial charge in [-0.15, -0.1) is 0 Å². The third kappa shape index (κ3) is 543. The van der Waals surface area contributed by atoms with Crippen molar-refractivity contribution in [3.63, 3.8) is 0 Å². The van der Waals surface area contributed by atoms with E-state index >= 15 is 0 Å². The zero-order valence-electron chi connectivity index (χ0n) is 7.46. The average molecular weight is 159 g/mol. The smallest absolute Gasteiger partial charge is 0.214 e. The molecule has 0 aromatic carbocycles. The lowest BCUT2D eigenvalue weighted by Gasteiger charge is -1.65. The van der Waals surface area contributed by atoms with Gasteiger partial charge in [0.15, 0.2) is 0 Å². The average Bonchev–Trinajstić information content (AvgIpc) is 1.93. The van der Waals surface area contributed by atoms with E-state index in [9.17, 15) is 4.79 Å². The van der Waals surface area contributed by atoms with Crippen molar-refractivity contribution >= 4 is 12.7 Å². The first kappa shape index (κ1) is 16.5. The minimum atomic E-state index is -0.333. The predicted molar refractivity (Wildman–Crippen MR) is 47.1 cm³/mol. The van der Waals surface area contributed by atoms with E-state index in [2.05, 4.69) is 24.8 Å². The number of carbonyl (C=O) groups is 2. The topological polar surface area (TPSA) is 60.2 Å². The van der Waals surface area contributed by atoms with E-state index in [1.54, 1.807) is 0 Å². The van der Waals surface area contributed by atoms with Gasteiger partial charge in [-0.25, -0.2) is 0 Å². The largest absolute Gasteiger partial charge is 0.370 e. The lowest BCUT2D eigenvalue weighted by atomic mass is 10.4. The Labute approximate surface area is 68.3 Å². The summed E-state index contributed by atoms with van der Waals surface area (Å²) in [4.78, 5) is 17.2. The number of hydrogen-bond donors (Lipinski definition) is 1. The summed E-state index contributed by atoms with van der Waals surface area (Å²) in [6.45, 7) is 7.46. The van der Waals surface area contributed by atoms with Crippen molar-refractivity contribution in [2.45, 2.75) is 27.2 Å². The van der Waals surface area contributed by atoms with Crippen LogP contribution in [-0.4, -0.2) is 12.7 Å². The first-order valence-corrected chi connectivity index (χ1v) is 3.31. The number of primary amides is 1. The number of carbonyl (C=O) groups excluding carboxylic acids is 2. The molecule has 0 aliphatic heterocycles. The summed E-state index contributed by atoms with van der Waals surface area (Å²) in [7, 11) is 0. The fraction of sp³-hybridized carbons (Fsp3) is 0.500. The van der Waals surface area contributed by atoms with Crippen LogP contribution in [-0.2, 0) is 9.59 Å².